The van der Waals surface area contributed by atoms with E-state index in [1.807, 2.05) is 17.0 Å². The van der Waals surface area contributed by atoms with Gasteiger partial charge in [0.05, 0.1) is 7.11 Å². The zero-order valence-corrected chi connectivity index (χ0v) is 12.2. The molecule has 1 fully saturated rings. The summed E-state index contributed by atoms with van der Waals surface area (Å²) in [7, 11) is 1.69. The number of hydrogen-bond acceptors (Lipinski definition) is 2. The minimum absolute atomic E-state index is 0.0682. The third-order valence-corrected chi connectivity index (χ3v) is 4.10. The molecule has 1 aliphatic heterocycles. The molecule has 1 heterocycles. The molecule has 0 saturated carbocycles. The molecule has 1 amide bonds. The van der Waals surface area contributed by atoms with Crippen molar-refractivity contribution in [3.63, 3.8) is 0 Å². The Hall–Kier alpha value is -1.77. The van der Waals surface area contributed by atoms with E-state index in [0.717, 1.165) is 44.0 Å². The molecular weight excluding hydrogens is 250 g/mol. The van der Waals surface area contributed by atoms with Gasteiger partial charge >= 0.3 is 0 Å². The van der Waals surface area contributed by atoms with Gasteiger partial charge in [0.1, 0.15) is 5.75 Å². The minimum atomic E-state index is 0.0682. The standard InChI is InChI=1S/C17H23NO2/c1-3-17(19)18-12-10-15(11-13-18)5-4-14-6-8-16(20-2)9-7-14/h3,6-9,15H,1,4-5,10-13H2,2H3. The maximum Gasteiger partial charge on any atom is 0.245 e. The highest BCUT2D eigenvalue weighted by Gasteiger charge is 2.20. The van der Waals surface area contributed by atoms with Gasteiger partial charge in [-0.3, -0.25) is 4.79 Å². The van der Waals surface area contributed by atoms with Crippen molar-refractivity contribution in [2.24, 2.45) is 5.92 Å². The fourth-order valence-corrected chi connectivity index (χ4v) is 2.73. The summed E-state index contributed by atoms with van der Waals surface area (Å²) in [6.45, 7) is 5.29. The largest absolute Gasteiger partial charge is 0.497 e. The molecule has 20 heavy (non-hydrogen) atoms. The van der Waals surface area contributed by atoms with E-state index >= 15 is 0 Å². The number of aryl methyl sites for hydroxylation is 1. The average Bonchev–Trinajstić information content (AvgIpc) is 2.53. The van der Waals surface area contributed by atoms with Crippen LogP contribution in [-0.2, 0) is 11.2 Å². The Balaban J connectivity index is 1.75. The number of carbonyl (C=O) groups is 1. The first-order chi connectivity index (χ1) is 9.72. The first kappa shape index (κ1) is 14.6. The lowest BCUT2D eigenvalue weighted by atomic mass is 9.90. The van der Waals surface area contributed by atoms with Crippen LogP contribution in [0.5, 0.6) is 5.75 Å². The molecular formula is C17H23NO2. The summed E-state index contributed by atoms with van der Waals surface area (Å²) < 4.78 is 5.16. The van der Waals surface area contributed by atoms with Crippen molar-refractivity contribution in [3.05, 3.63) is 42.5 Å². The Morgan fingerprint density at radius 1 is 1.35 bits per heavy atom. The molecule has 0 atom stereocenters. The van der Waals surface area contributed by atoms with Crippen molar-refractivity contribution < 1.29 is 9.53 Å². The minimum Gasteiger partial charge on any atom is -0.497 e. The van der Waals surface area contributed by atoms with E-state index in [-0.39, 0.29) is 5.91 Å². The van der Waals surface area contributed by atoms with Crippen LogP contribution in [0.3, 0.4) is 0 Å². The fraction of sp³-hybridized carbons (Fsp3) is 0.471. The number of nitrogens with zero attached hydrogens (tertiary/aromatic N) is 1. The van der Waals surface area contributed by atoms with Gasteiger partial charge < -0.3 is 9.64 Å². The second-order valence-corrected chi connectivity index (χ2v) is 5.36. The monoisotopic (exact) mass is 273 g/mol. The van der Waals surface area contributed by atoms with Gasteiger partial charge in [0.2, 0.25) is 5.91 Å². The van der Waals surface area contributed by atoms with Gasteiger partial charge in [0, 0.05) is 13.1 Å². The maximum absolute atomic E-state index is 11.5. The van der Waals surface area contributed by atoms with Crippen LogP contribution in [0, 0.1) is 5.92 Å². The summed E-state index contributed by atoms with van der Waals surface area (Å²) in [5.74, 6) is 1.70. The SMILES string of the molecule is C=CC(=O)N1CCC(CCc2ccc(OC)cc2)CC1. The Morgan fingerprint density at radius 2 is 2.00 bits per heavy atom. The Labute approximate surface area is 121 Å². The zero-order valence-electron chi connectivity index (χ0n) is 12.2. The topological polar surface area (TPSA) is 29.5 Å². The van der Waals surface area contributed by atoms with Crippen molar-refractivity contribution in [1.29, 1.82) is 0 Å². The zero-order chi connectivity index (χ0) is 14.4. The molecule has 0 spiro atoms. The number of likely N-dealkylation sites (tertiary alicyclic amines) is 1. The molecule has 0 aromatic heterocycles. The van der Waals surface area contributed by atoms with Crippen molar-refractivity contribution in [2.75, 3.05) is 20.2 Å². The molecule has 3 heteroatoms. The second kappa shape index (κ2) is 7.13. The number of rotatable bonds is 5. The Morgan fingerprint density at radius 3 is 2.55 bits per heavy atom. The smallest absolute Gasteiger partial charge is 0.245 e. The van der Waals surface area contributed by atoms with Crippen LogP contribution in [-0.4, -0.2) is 31.0 Å². The molecule has 0 N–H and O–H groups in total. The number of benzene rings is 1. The number of carbonyl (C=O) groups excluding carboxylic acids is 1. The predicted octanol–water partition coefficient (Wildman–Crippen LogP) is 3.05. The van der Waals surface area contributed by atoms with E-state index in [1.54, 1.807) is 7.11 Å². The molecule has 108 valence electrons. The first-order valence-corrected chi connectivity index (χ1v) is 7.27. The summed E-state index contributed by atoms with van der Waals surface area (Å²) >= 11 is 0. The van der Waals surface area contributed by atoms with E-state index < -0.39 is 0 Å². The molecule has 3 nitrogen and oxygen atoms in total. The summed E-state index contributed by atoms with van der Waals surface area (Å²) in [6.07, 6.45) is 5.93. The number of piperidine rings is 1. The van der Waals surface area contributed by atoms with Crippen molar-refractivity contribution >= 4 is 5.91 Å². The van der Waals surface area contributed by atoms with Crippen molar-refractivity contribution in [2.45, 2.75) is 25.7 Å². The summed E-state index contributed by atoms with van der Waals surface area (Å²) in [4.78, 5) is 13.4. The van der Waals surface area contributed by atoms with Crippen LogP contribution in [0.4, 0.5) is 0 Å². The van der Waals surface area contributed by atoms with Gasteiger partial charge in [0.15, 0.2) is 0 Å². The molecule has 0 radical (unpaired) electrons. The normalized spacial score (nSPS) is 15.9. The molecule has 0 bridgehead atoms. The highest BCUT2D eigenvalue weighted by molar-refractivity contribution is 5.87. The van der Waals surface area contributed by atoms with Gasteiger partial charge in [-0.05, 0) is 55.4 Å². The number of methoxy groups -OCH3 is 1. The third-order valence-electron chi connectivity index (χ3n) is 4.10. The molecule has 2 rings (SSSR count). The van der Waals surface area contributed by atoms with Gasteiger partial charge in [-0.2, -0.15) is 0 Å². The van der Waals surface area contributed by atoms with Crippen molar-refractivity contribution in [1.82, 2.24) is 4.90 Å². The average molecular weight is 273 g/mol. The van der Waals surface area contributed by atoms with Crippen LogP contribution >= 0.6 is 0 Å². The Bertz CT molecular complexity index is 445. The Kier molecular flexibility index (Phi) is 5.22. The van der Waals surface area contributed by atoms with Gasteiger partial charge in [-0.15, -0.1) is 0 Å². The third kappa shape index (κ3) is 3.86. The van der Waals surface area contributed by atoms with Crippen LogP contribution < -0.4 is 4.74 Å². The highest BCUT2D eigenvalue weighted by atomic mass is 16.5. The molecule has 1 aromatic rings. The first-order valence-electron chi connectivity index (χ1n) is 7.27. The van der Waals surface area contributed by atoms with E-state index in [1.165, 1.54) is 18.1 Å². The van der Waals surface area contributed by atoms with Crippen LogP contribution in [0.25, 0.3) is 0 Å². The van der Waals surface area contributed by atoms with Gasteiger partial charge in [0.25, 0.3) is 0 Å². The fourth-order valence-electron chi connectivity index (χ4n) is 2.73. The van der Waals surface area contributed by atoms with Crippen LogP contribution in [0.1, 0.15) is 24.8 Å². The van der Waals surface area contributed by atoms with E-state index in [0.29, 0.717) is 0 Å². The van der Waals surface area contributed by atoms with Crippen LogP contribution in [0.2, 0.25) is 0 Å². The van der Waals surface area contributed by atoms with Gasteiger partial charge in [-0.1, -0.05) is 18.7 Å². The van der Waals surface area contributed by atoms with E-state index in [4.69, 9.17) is 4.74 Å². The lowest BCUT2D eigenvalue weighted by Crippen LogP contribution is -2.37. The number of ether oxygens (including phenoxy) is 1. The van der Waals surface area contributed by atoms with Gasteiger partial charge in [-0.25, -0.2) is 0 Å². The lowest BCUT2D eigenvalue weighted by molar-refractivity contribution is -0.127. The van der Waals surface area contributed by atoms with Crippen LogP contribution in [0.15, 0.2) is 36.9 Å². The predicted molar refractivity (Wildman–Crippen MR) is 80.8 cm³/mol. The number of hydrogen-bond donors (Lipinski definition) is 0. The van der Waals surface area contributed by atoms with E-state index in [9.17, 15) is 4.79 Å². The quantitative estimate of drug-likeness (QED) is 0.772. The molecule has 1 saturated heterocycles. The summed E-state index contributed by atoms with van der Waals surface area (Å²) in [5, 5.41) is 0. The molecule has 1 aromatic carbocycles. The lowest BCUT2D eigenvalue weighted by Gasteiger charge is -2.31. The molecule has 0 unspecified atom stereocenters. The number of amides is 1. The molecule has 0 aliphatic carbocycles. The van der Waals surface area contributed by atoms with E-state index in [2.05, 4.69) is 18.7 Å². The second-order valence-electron chi connectivity index (χ2n) is 5.36. The highest BCUT2D eigenvalue weighted by Crippen LogP contribution is 2.23. The molecule has 1 aliphatic rings. The maximum atomic E-state index is 11.5. The summed E-state index contributed by atoms with van der Waals surface area (Å²) in [6, 6.07) is 8.30. The summed E-state index contributed by atoms with van der Waals surface area (Å²) in [5.41, 5.74) is 1.36. The van der Waals surface area contributed by atoms with Crippen molar-refractivity contribution in [3.8, 4) is 5.75 Å².